The van der Waals surface area contributed by atoms with E-state index in [4.69, 9.17) is 0 Å². The summed E-state index contributed by atoms with van der Waals surface area (Å²) in [5.41, 5.74) is 2.38. The topological polar surface area (TPSA) is 0 Å². The SMILES string of the molecule is C=Cc1ccc(Br)c(Br)c1C. The second kappa shape index (κ2) is 3.55. The van der Waals surface area contributed by atoms with Crippen molar-refractivity contribution in [3.05, 3.63) is 38.8 Å². The van der Waals surface area contributed by atoms with E-state index >= 15 is 0 Å². The van der Waals surface area contributed by atoms with Gasteiger partial charge in [0.25, 0.3) is 0 Å². The molecule has 0 spiro atoms. The van der Waals surface area contributed by atoms with Crippen molar-refractivity contribution in [1.82, 2.24) is 0 Å². The summed E-state index contributed by atoms with van der Waals surface area (Å²) in [5, 5.41) is 0. The molecule has 1 aromatic rings. The standard InChI is InChI=1S/C9H8Br2/c1-3-7-4-5-8(10)9(11)6(7)2/h3-5H,1H2,2H3. The number of halogens is 2. The van der Waals surface area contributed by atoms with E-state index < -0.39 is 0 Å². The average molecular weight is 276 g/mol. The highest BCUT2D eigenvalue weighted by molar-refractivity contribution is 9.13. The molecule has 0 nitrogen and oxygen atoms in total. The minimum atomic E-state index is 1.08. The number of hydrogen-bond acceptors (Lipinski definition) is 0. The van der Waals surface area contributed by atoms with Crippen LogP contribution in [-0.2, 0) is 0 Å². The highest BCUT2D eigenvalue weighted by Crippen LogP contribution is 2.28. The van der Waals surface area contributed by atoms with Crippen molar-refractivity contribution in [2.24, 2.45) is 0 Å². The fraction of sp³-hybridized carbons (Fsp3) is 0.111. The van der Waals surface area contributed by atoms with Crippen molar-refractivity contribution < 1.29 is 0 Å². The fourth-order valence-corrected chi connectivity index (χ4v) is 1.68. The molecule has 0 saturated heterocycles. The molecular weight excluding hydrogens is 268 g/mol. The van der Waals surface area contributed by atoms with Crippen molar-refractivity contribution in [3.8, 4) is 0 Å². The lowest BCUT2D eigenvalue weighted by atomic mass is 10.1. The second-order valence-corrected chi connectivity index (χ2v) is 3.93. The fourth-order valence-electron chi connectivity index (χ4n) is 0.888. The maximum Gasteiger partial charge on any atom is 0.0352 e. The van der Waals surface area contributed by atoms with Gasteiger partial charge < -0.3 is 0 Å². The molecule has 0 bridgehead atoms. The van der Waals surface area contributed by atoms with Gasteiger partial charge in [-0.15, -0.1) is 0 Å². The molecule has 0 aliphatic carbocycles. The molecule has 1 aromatic carbocycles. The van der Waals surface area contributed by atoms with Crippen LogP contribution in [0.1, 0.15) is 11.1 Å². The maximum atomic E-state index is 3.73. The van der Waals surface area contributed by atoms with Crippen LogP contribution in [0.15, 0.2) is 27.7 Å². The van der Waals surface area contributed by atoms with Gasteiger partial charge in [-0.25, -0.2) is 0 Å². The Balaban J connectivity index is 3.36. The third kappa shape index (κ3) is 1.74. The quantitative estimate of drug-likeness (QED) is 0.722. The van der Waals surface area contributed by atoms with Crippen LogP contribution in [0, 0.1) is 6.92 Å². The Morgan fingerprint density at radius 3 is 2.55 bits per heavy atom. The molecule has 0 unspecified atom stereocenters. The van der Waals surface area contributed by atoms with E-state index in [2.05, 4.69) is 45.4 Å². The van der Waals surface area contributed by atoms with Gasteiger partial charge in [0.15, 0.2) is 0 Å². The summed E-state index contributed by atoms with van der Waals surface area (Å²) < 4.78 is 2.19. The van der Waals surface area contributed by atoms with E-state index in [0.717, 1.165) is 8.95 Å². The molecule has 0 amide bonds. The highest BCUT2D eigenvalue weighted by Gasteiger charge is 2.01. The van der Waals surface area contributed by atoms with Crippen LogP contribution in [0.25, 0.3) is 6.08 Å². The Bertz CT molecular complexity index is 290. The lowest BCUT2D eigenvalue weighted by Gasteiger charge is -2.04. The number of hydrogen-bond donors (Lipinski definition) is 0. The summed E-state index contributed by atoms with van der Waals surface area (Å²) >= 11 is 6.90. The summed E-state index contributed by atoms with van der Waals surface area (Å²) in [6.45, 7) is 5.79. The van der Waals surface area contributed by atoms with Gasteiger partial charge in [0.1, 0.15) is 0 Å². The Labute approximate surface area is 83.6 Å². The Morgan fingerprint density at radius 2 is 2.00 bits per heavy atom. The number of rotatable bonds is 1. The van der Waals surface area contributed by atoms with E-state index in [-0.39, 0.29) is 0 Å². The van der Waals surface area contributed by atoms with Crippen molar-refractivity contribution in [2.75, 3.05) is 0 Å². The van der Waals surface area contributed by atoms with E-state index in [9.17, 15) is 0 Å². The van der Waals surface area contributed by atoms with Gasteiger partial charge >= 0.3 is 0 Å². The zero-order valence-corrected chi connectivity index (χ0v) is 9.37. The van der Waals surface area contributed by atoms with Crippen molar-refractivity contribution >= 4 is 37.9 Å². The van der Waals surface area contributed by atoms with Crippen LogP contribution in [0.4, 0.5) is 0 Å². The Morgan fingerprint density at radius 1 is 1.36 bits per heavy atom. The molecule has 11 heavy (non-hydrogen) atoms. The van der Waals surface area contributed by atoms with E-state index in [0.29, 0.717) is 0 Å². The molecule has 0 aliphatic heterocycles. The van der Waals surface area contributed by atoms with Gasteiger partial charge in [0.2, 0.25) is 0 Å². The predicted molar refractivity (Wildman–Crippen MR) is 56.7 cm³/mol. The van der Waals surface area contributed by atoms with Crippen molar-refractivity contribution in [1.29, 1.82) is 0 Å². The van der Waals surface area contributed by atoms with Crippen LogP contribution in [-0.4, -0.2) is 0 Å². The van der Waals surface area contributed by atoms with E-state index in [1.165, 1.54) is 11.1 Å². The van der Waals surface area contributed by atoms with Gasteiger partial charge in [-0.2, -0.15) is 0 Å². The summed E-state index contributed by atoms with van der Waals surface area (Å²) in [7, 11) is 0. The summed E-state index contributed by atoms with van der Waals surface area (Å²) in [5.74, 6) is 0. The molecule has 1 rings (SSSR count). The molecule has 0 heterocycles. The first-order valence-corrected chi connectivity index (χ1v) is 4.82. The summed E-state index contributed by atoms with van der Waals surface area (Å²) in [6, 6.07) is 4.05. The van der Waals surface area contributed by atoms with Crippen LogP contribution in [0.3, 0.4) is 0 Å². The van der Waals surface area contributed by atoms with Gasteiger partial charge in [-0.1, -0.05) is 18.7 Å². The summed E-state index contributed by atoms with van der Waals surface area (Å²) in [6.07, 6.45) is 1.85. The lowest BCUT2D eigenvalue weighted by molar-refractivity contribution is 1.38. The first-order chi connectivity index (χ1) is 5.16. The molecule has 0 aromatic heterocycles. The molecule has 0 saturated carbocycles. The molecule has 0 radical (unpaired) electrons. The van der Waals surface area contributed by atoms with Crippen LogP contribution >= 0.6 is 31.9 Å². The third-order valence-electron chi connectivity index (χ3n) is 1.60. The zero-order valence-electron chi connectivity index (χ0n) is 6.20. The molecule has 0 aliphatic rings. The molecular formula is C9H8Br2. The average Bonchev–Trinajstić information content (AvgIpc) is 2.01. The lowest BCUT2D eigenvalue weighted by Crippen LogP contribution is -1.82. The normalized spacial score (nSPS) is 9.73. The van der Waals surface area contributed by atoms with Crippen LogP contribution in [0.5, 0.6) is 0 Å². The third-order valence-corrected chi connectivity index (χ3v) is 3.82. The molecule has 2 heteroatoms. The second-order valence-electron chi connectivity index (χ2n) is 2.28. The maximum absolute atomic E-state index is 3.73. The minimum absolute atomic E-state index is 1.08. The first-order valence-electron chi connectivity index (χ1n) is 3.24. The minimum Gasteiger partial charge on any atom is -0.0985 e. The Hall–Kier alpha value is -0.0800. The van der Waals surface area contributed by atoms with Gasteiger partial charge in [-0.05, 0) is 56.0 Å². The highest BCUT2D eigenvalue weighted by atomic mass is 79.9. The monoisotopic (exact) mass is 274 g/mol. The van der Waals surface area contributed by atoms with E-state index in [1.807, 2.05) is 18.2 Å². The van der Waals surface area contributed by atoms with Crippen LogP contribution < -0.4 is 0 Å². The number of benzene rings is 1. The van der Waals surface area contributed by atoms with E-state index in [1.54, 1.807) is 0 Å². The molecule has 58 valence electrons. The zero-order chi connectivity index (χ0) is 8.43. The first kappa shape index (κ1) is 9.01. The predicted octanol–water partition coefficient (Wildman–Crippen LogP) is 4.16. The van der Waals surface area contributed by atoms with Gasteiger partial charge in [0, 0.05) is 8.95 Å². The largest absolute Gasteiger partial charge is 0.0985 e. The van der Waals surface area contributed by atoms with Gasteiger partial charge in [0.05, 0.1) is 0 Å². The van der Waals surface area contributed by atoms with Crippen molar-refractivity contribution in [2.45, 2.75) is 6.92 Å². The molecule has 0 atom stereocenters. The van der Waals surface area contributed by atoms with Gasteiger partial charge in [-0.3, -0.25) is 0 Å². The smallest absolute Gasteiger partial charge is 0.0352 e. The molecule has 0 N–H and O–H groups in total. The summed E-state index contributed by atoms with van der Waals surface area (Å²) in [4.78, 5) is 0. The Kier molecular flexibility index (Phi) is 2.90. The van der Waals surface area contributed by atoms with Crippen molar-refractivity contribution in [3.63, 3.8) is 0 Å². The molecule has 0 fully saturated rings. The van der Waals surface area contributed by atoms with Crippen LogP contribution in [0.2, 0.25) is 0 Å².